The van der Waals surface area contributed by atoms with Gasteiger partial charge in [0.15, 0.2) is 0 Å². The van der Waals surface area contributed by atoms with Crippen molar-refractivity contribution in [3.8, 4) is 0 Å². The minimum absolute atomic E-state index is 0.397. The van der Waals surface area contributed by atoms with Gasteiger partial charge in [-0.25, -0.2) is 0 Å². The molecular weight excluding hydrogens is 318 g/mol. The maximum absolute atomic E-state index is 10.3. The quantitative estimate of drug-likeness (QED) is 0.867. The molecule has 0 radical (unpaired) electrons. The third-order valence-corrected chi connectivity index (χ3v) is 3.07. The topological polar surface area (TPSA) is 61.8 Å². The molecule has 0 amide bonds. The number of nitrogens with zero attached hydrogens (tertiary/aromatic N) is 2. The molecule has 0 fully saturated rings. The summed E-state index contributed by atoms with van der Waals surface area (Å²) in [6.45, 7) is 0. The van der Waals surface area contributed by atoms with Crippen LogP contribution in [0.2, 0.25) is 5.02 Å². The van der Waals surface area contributed by atoms with Gasteiger partial charge in [-0.1, -0.05) is 16.1 Å². The summed E-state index contributed by atoms with van der Waals surface area (Å²) in [5.41, 5.74) is 3.56. The van der Waals surface area contributed by atoms with Crippen LogP contribution in [-0.2, 0) is 10.5 Å². The van der Waals surface area contributed by atoms with Gasteiger partial charge < -0.3 is 4.90 Å². The number of rotatable bonds is 3. The summed E-state index contributed by atoms with van der Waals surface area (Å²) >= 11 is 9.35. The van der Waals surface area contributed by atoms with E-state index in [-0.39, 0.29) is 0 Å². The molecule has 0 aliphatic carbocycles. The van der Waals surface area contributed by atoms with Crippen LogP contribution in [-0.4, -0.2) is 22.5 Å². The van der Waals surface area contributed by atoms with E-state index >= 15 is 0 Å². The smallest absolute Gasteiger partial charge is 0.332 e. The standard InChI is InChI=1S/C8H9BrClN3O2S/c1-13(2)6-4-3-5(9)8(7(6)10)11-12-16(14)15/h3-4,11H,1-2H3. The molecule has 0 heterocycles. The van der Waals surface area contributed by atoms with E-state index in [0.717, 1.165) is 5.69 Å². The first-order chi connectivity index (χ1) is 7.43. The highest BCUT2D eigenvalue weighted by molar-refractivity contribution is 9.10. The lowest BCUT2D eigenvalue weighted by atomic mass is 10.2. The summed E-state index contributed by atoms with van der Waals surface area (Å²) in [6, 6.07) is 3.57. The van der Waals surface area contributed by atoms with Crippen LogP contribution in [0.4, 0.5) is 11.4 Å². The molecule has 16 heavy (non-hydrogen) atoms. The number of halogens is 2. The van der Waals surface area contributed by atoms with E-state index in [1.807, 2.05) is 25.1 Å². The molecule has 88 valence electrons. The largest absolute Gasteiger partial charge is 0.376 e. The van der Waals surface area contributed by atoms with Crippen LogP contribution in [0.3, 0.4) is 0 Å². The van der Waals surface area contributed by atoms with Gasteiger partial charge in [-0.05, 0) is 28.1 Å². The normalized spacial score (nSPS) is 9.75. The second-order valence-corrected chi connectivity index (χ2v) is 4.92. The van der Waals surface area contributed by atoms with Gasteiger partial charge in [0.1, 0.15) is 0 Å². The van der Waals surface area contributed by atoms with E-state index in [4.69, 9.17) is 11.6 Å². The van der Waals surface area contributed by atoms with Crippen molar-refractivity contribution in [2.45, 2.75) is 0 Å². The summed E-state index contributed by atoms with van der Waals surface area (Å²) in [4.78, 5) is 1.81. The summed E-state index contributed by atoms with van der Waals surface area (Å²) in [5, 5.41) is 0.397. The van der Waals surface area contributed by atoms with Crippen molar-refractivity contribution in [2.75, 3.05) is 24.4 Å². The first-order valence-corrected chi connectivity index (χ1v) is 6.35. The first-order valence-electron chi connectivity index (χ1n) is 4.15. The van der Waals surface area contributed by atoms with Crippen LogP contribution in [0.15, 0.2) is 21.1 Å². The number of nitrogens with one attached hydrogen (secondary N) is 1. The number of hydrogen-bond acceptors (Lipinski definition) is 4. The Morgan fingerprint density at radius 2 is 2.06 bits per heavy atom. The molecule has 0 aliphatic heterocycles. The summed E-state index contributed by atoms with van der Waals surface area (Å²) in [6.07, 6.45) is 0. The third kappa shape index (κ3) is 3.10. The van der Waals surface area contributed by atoms with Gasteiger partial charge in [0.25, 0.3) is 0 Å². The molecule has 1 aromatic rings. The minimum atomic E-state index is -2.53. The molecule has 0 spiro atoms. The molecule has 1 rings (SSSR count). The lowest BCUT2D eigenvalue weighted by Crippen LogP contribution is -2.09. The van der Waals surface area contributed by atoms with Gasteiger partial charge in [-0.15, -0.1) is 0 Å². The number of benzene rings is 1. The SMILES string of the molecule is CN(C)c1ccc(Br)c(NN=S(=O)=O)c1Cl. The zero-order valence-electron chi connectivity index (χ0n) is 8.53. The highest BCUT2D eigenvalue weighted by Gasteiger charge is 2.11. The monoisotopic (exact) mass is 325 g/mol. The Kier molecular flexibility index (Phi) is 4.57. The van der Waals surface area contributed by atoms with Gasteiger partial charge in [-0.2, -0.15) is 8.42 Å². The van der Waals surface area contributed by atoms with E-state index in [0.29, 0.717) is 15.2 Å². The van der Waals surface area contributed by atoms with E-state index in [1.54, 1.807) is 6.07 Å². The Morgan fingerprint density at radius 1 is 1.44 bits per heavy atom. The van der Waals surface area contributed by atoms with Crippen molar-refractivity contribution in [3.63, 3.8) is 0 Å². The van der Waals surface area contributed by atoms with Crippen molar-refractivity contribution in [3.05, 3.63) is 21.6 Å². The summed E-state index contributed by atoms with van der Waals surface area (Å²) in [7, 11) is 1.14. The zero-order chi connectivity index (χ0) is 12.3. The van der Waals surface area contributed by atoms with Crippen LogP contribution in [0, 0.1) is 0 Å². The number of hydrogen-bond donors (Lipinski definition) is 1. The Balaban J connectivity index is 3.26. The molecule has 0 unspecified atom stereocenters. The lowest BCUT2D eigenvalue weighted by Gasteiger charge is -2.16. The molecule has 1 aromatic carbocycles. The van der Waals surface area contributed by atoms with Crippen molar-refractivity contribution >= 4 is 49.4 Å². The highest BCUT2D eigenvalue weighted by Crippen LogP contribution is 2.37. The predicted octanol–water partition coefficient (Wildman–Crippen LogP) is 2.56. The van der Waals surface area contributed by atoms with Crippen LogP contribution in [0.1, 0.15) is 0 Å². The van der Waals surface area contributed by atoms with E-state index in [2.05, 4.69) is 25.8 Å². The van der Waals surface area contributed by atoms with E-state index < -0.39 is 10.5 Å². The van der Waals surface area contributed by atoms with Crippen molar-refractivity contribution < 1.29 is 8.42 Å². The summed E-state index contributed by atoms with van der Waals surface area (Å²) in [5.74, 6) is 0. The minimum Gasteiger partial charge on any atom is -0.376 e. The van der Waals surface area contributed by atoms with Crippen LogP contribution in [0.25, 0.3) is 0 Å². The molecule has 5 nitrogen and oxygen atoms in total. The third-order valence-electron chi connectivity index (χ3n) is 1.78. The lowest BCUT2D eigenvalue weighted by molar-refractivity contribution is 0.621. The van der Waals surface area contributed by atoms with Gasteiger partial charge in [-0.3, -0.25) is 5.43 Å². The average molecular weight is 327 g/mol. The maximum Gasteiger partial charge on any atom is 0.332 e. The second kappa shape index (κ2) is 5.51. The predicted molar refractivity (Wildman–Crippen MR) is 68.4 cm³/mol. The Hall–Kier alpha value is -0.790. The average Bonchev–Trinajstić information content (AvgIpc) is 2.16. The van der Waals surface area contributed by atoms with Gasteiger partial charge in [0.05, 0.1) is 16.4 Å². The van der Waals surface area contributed by atoms with Gasteiger partial charge >= 0.3 is 10.5 Å². The first kappa shape index (κ1) is 13.3. The molecule has 0 aliphatic rings. The fourth-order valence-electron chi connectivity index (χ4n) is 1.07. The Labute approximate surface area is 108 Å². The van der Waals surface area contributed by atoms with Crippen molar-refractivity contribution in [2.24, 2.45) is 4.47 Å². The van der Waals surface area contributed by atoms with Crippen LogP contribution < -0.4 is 10.3 Å². The molecule has 0 saturated carbocycles. The number of anilines is 2. The fourth-order valence-corrected chi connectivity index (χ4v) is 2.15. The Morgan fingerprint density at radius 3 is 2.56 bits per heavy atom. The van der Waals surface area contributed by atoms with Crippen molar-refractivity contribution in [1.82, 2.24) is 0 Å². The van der Waals surface area contributed by atoms with Crippen molar-refractivity contribution in [1.29, 1.82) is 0 Å². The molecule has 0 saturated heterocycles. The molecule has 0 aromatic heterocycles. The van der Waals surface area contributed by atoms with Crippen LogP contribution in [0.5, 0.6) is 0 Å². The molecule has 8 heteroatoms. The van der Waals surface area contributed by atoms with Crippen LogP contribution >= 0.6 is 27.5 Å². The van der Waals surface area contributed by atoms with E-state index in [9.17, 15) is 8.42 Å². The molecule has 0 bridgehead atoms. The maximum atomic E-state index is 10.3. The van der Waals surface area contributed by atoms with Gasteiger partial charge in [0.2, 0.25) is 0 Å². The summed E-state index contributed by atoms with van der Waals surface area (Å²) < 4.78 is 24.4. The Bertz CT molecular complexity index is 522. The van der Waals surface area contributed by atoms with E-state index in [1.165, 1.54) is 0 Å². The molecule has 1 N–H and O–H groups in total. The zero-order valence-corrected chi connectivity index (χ0v) is 11.7. The van der Waals surface area contributed by atoms with Gasteiger partial charge in [0, 0.05) is 18.6 Å². The molecule has 0 atom stereocenters. The molecular formula is C8H9BrClN3O2S. The second-order valence-electron chi connectivity index (χ2n) is 3.07. The highest BCUT2D eigenvalue weighted by atomic mass is 79.9. The fraction of sp³-hybridized carbons (Fsp3) is 0.250.